The van der Waals surface area contributed by atoms with Crippen LogP contribution in [0.25, 0.3) is 0 Å². The number of aryl methyl sites for hydroxylation is 1. The first-order valence-corrected chi connectivity index (χ1v) is 6.46. The van der Waals surface area contributed by atoms with Gasteiger partial charge in [-0.3, -0.25) is 4.79 Å². The van der Waals surface area contributed by atoms with E-state index in [1.807, 2.05) is 0 Å². The summed E-state index contributed by atoms with van der Waals surface area (Å²) in [5.74, 6) is -1.42. The molecule has 8 heteroatoms. The Balaban J connectivity index is 2.21. The first-order chi connectivity index (χ1) is 9.02. The molecule has 1 fully saturated rings. The van der Waals surface area contributed by atoms with E-state index in [0.717, 1.165) is 11.5 Å². The number of anilines is 1. The number of carbonyl (C=O) groups excluding carboxylic acids is 1. The number of amides is 1. The van der Waals surface area contributed by atoms with E-state index in [9.17, 15) is 9.59 Å². The monoisotopic (exact) mass is 286 g/mol. The molecule has 1 aliphatic rings. The average molecular weight is 286 g/mol. The van der Waals surface area contributed by atoms with Crippen molar-refractivity contribution >= 4 is 28.4 Å². The highest BCUT2D eigenvalue weighted by Gasteiger charge is 2.30. The van der Waals surface area contributed by atoms with Crippen LogP contribution in [0.2, 0.25) is 0 Å². The number of nitrogens with zero attached hydrogens (tertiary/aromatic N) is 2. The second-order valence-corrected chi connectivity index (χ2v) is 4.84. The molecule has 1 aromatic rings. The lowest BCUT2D eigenvalue weighted by Gasteiger charge is -2.26. The Bertz CT molecular complexity index is 495. The molecule has 1 atom stereocenters. The van der Waals surface area contributed by atoms with Crippen molar-refractivity contribution in [1.82, 2.24) is 4.37 Å². The molecule has 0 aromatic carbocycles. The molecule has 0 saturated carbocycles. The van der Waals surface area contributed by atoms with Gasteiger partial charge in [0.2, 0.25) is 0 Å². The van der Waals surface area contributed by atoms with Crippen LogP contribution in [0.3, 0.4) is 0 Å². The number of hydrogen-bond acceptors (Lipinski definition) is 6. The van der Waals surface area contributed by atoms with E-state index in [2.05, 4.69) is 4.37 Å². The smallest absolute Gasteiger partial charge is 0.340 e. The predicted octanol–water partition coefficient (Wildman–Crippen LogP) is 0.528. The van der Waals surface area contributed by atoms with Crippen LogP contribution in [0.5, 0.6) is 0 Å². The largest absolute Gasteiger partial charge is 0.478 e. The normalized spacial score (nSPS) is 19.2. The summed E-state index contributed by atoms with van der Waals surface area (Å²) in [6.07, 6.45) is -0.692. The topological polar surface area (TPSA) is 89.0 Å². The first-order valence-electron chi connectivity index (χ1n) is 5.69. The summed E-state index contributed by atoms with van der Waals surface area (Å²) in [5, 5.41) is 9.46. The Kier molecular flexibility index (Phi) is 4.13. The SMILES string of the molecule is Cc1nsc(N(C)C(=O)C2COCCO2)c1C(=O)O. The molecule has 19 heavy (non-hydrogen) atoms. The molecule has 0 bridgehead atoms. The van der Waals surface area contributed by atoms with E-state index in [0.29, 0.717) is 23.9 Å². The maximum absolute atomic E-state index is 12.2. The van der Waals surface area contributed by atoms with Crippen molar-refractivity contribution in [3.05, 3.63) is 11.3 Å². The van der Waals surface area contributed by atoms with Gasteiger partial charge in [0, 0.05) is 7.05 Å². The van der Waals surface area contributed by atoms with Crippen LogP contribution in [0.1, 0.15) is 16.1 Å². The van der Waals surface area contributed by atoms with Crippen molar-refractivity contribution in [3.63, 3.8) is 0 Å². The van der Waals surface area contributed by atoms with Crippen LogP contribution >= 0.6 is 11.5 Å². The van der Waals surface area contributed by atoms with Crippen LogP contribution in [-0.2, 0) is 14.3 Å². The van der Waals surface area contributed by atoms with Crippen LogP contribution in [0.4, 0.5) is 5.00 Å². The molecule has 1 unspecified atom stereocenters. The second kappa shape index (κ2) is 5.64. The molecule has 0 spiro atoms. The number of aromatic carboxylic acids is 1. The summed E-state index contributed by atoms with van der Waals surface area (Å²) < 4.78 is 14.5. The molecule has 7 nitrogen and oxygen atoms in total. The van der Waals surface area contributed by atoms with E-state index >= 15 is 0 Å². The molecule has 2 heterocycles. The summed E-state index contributed by atoms with van der Waals surface area (Å²) in [6, 6.07) is 0. The summed E-state index contributed by atoms with van der Waals surface area (Å²) in [5.41, 5.74) is 0.450. The van der Waals surface area contributed by atoms with Gasteiger partial charge < -0.3 is 19.5 Å². The molecular formula is C11H14N2O5S. The molecule has 1 N–H and O–H groups in total. The first kappa shape index (κ1) is 13.9. The lowest BCUT2D eigenvalue weighted by atomic mass is 10.2. The van der Waals surface area contributed by atoms with Crippen molar-refractivity contribution in [3.8, 4) is 0 Å². The van der Waals surface area contributed by atoms with E-state index in [4.69, 9.17) is 14.6 Å². The average Bonchev–Trinajstić information content (AvgIpc) is 2.80. The third-order valence-corrected chi connectivity index (χ3v) is 3.80. The van der Waals surface area contributed by atoms with E-state index < -0.39 is 12.1 Å². The van der Waals surface area contributed by atoms with Crippen LogP contribution in [0, 0.1) is 6.92 Å². The highest BCUT2D eigenvalue weighted by Crippen LogP contribution is 2.28. The van der Waals surface area contributed by atoms with E-state index in [1.54, 1.807) is 6.92 Å². The minimum Gasteiger partial charge on any atom is -0.478 e. The fraction of sp³-hybridized carbons (Fsp3) is 0.545. The Hall–Kier alpha value is -1.51. The Morgan fingerprint density at radius 2 is 2.21 bits per heavy atom. The molecule has 0 aliphatic carbocycles. The van der Waals surface area contributed by atoms with Gasteiger partial charge in [0.25, 0.3) is 5.91 Å². The van der Waals surface area contributed by atoms with Crippen molar-refractivity contribution in [1.29, 1.82) is 0 Å². The van der Waals surface area contributed by atoms with E-state index in [1.165, 1.54) is 11.9 Å². The summed E-state index contributed by atoms with van der Waals surface area (Å²) >= 11 is 0.983. The number of likely N-dealkylation sites (N-methyl/N-ethyl adjacent to an activating group) is 1. The highest BCUT2D eigenvalue weighted by molar-refractivity contribution is 7.11. The van der Waals surface area contributed by atoms with Crippen LogP contribution < -0.4 is 4.90 Å². The molecule has 104 valence electrons. The van der Waals surface area contributed by atoms with Gasteiger partial charge in [0.1, 0.15) is 10.6 Å². The number of carbonyl (C=O) groups is 2. The fourth-order valence-corrected chi connectivity index (χ4v) is 2.63. The zero-order chi connectivity index (χ0) is 14.0. The van der Waals surface area contributed by atoms with Crippen LogP contribution in [-0.4, -0.2) is 54.3 Å². The van der Waals surface area contributed by atoms with Crippen molar-refractivity contribution in [2.24, 2.45) is 0 Å². The quantitative estimate of drug-likeness (QED) is 0.871. The van der Waals surface area contributed by atoms with Gasteiger partial charge >= 0.3 is 5.97 Å². The summed E-state index contributed by atoms with van der Waals surface area (Å²) in [7, 11) is 1.51. The van der Waals surface area contributed by atoms with Gasteiger partial charge in [-0.25, -0.2) is 4.79 Å². The fourth-order valence-electron chi connectivity index (χ4n) is 1.78. The van der Waals surface area contributed by atoms with Crippen molar-refractivity contribution in [2.45, 2.75) is 13.0 Å². The van der Waals surface area contributed by atoms with Gasteiger partial charge in [0.15, 0.2) is 6.10 Å². The Morgan fingerprint density at radius 3 is 2.79 bits per heavy atom. The van der Waals surface area contributed by atoms with Gasteiger partial charge in [-0.1, -0.05) is 0 Å². The van der Waals surface area contributed by atoms with Gasteiger partial charge in [-0.15, -0.1) is 0 Å². The number of carboxylic acid groups (broad SMARTS) is 1. The summed E-state index contributed by atoms with van der Waals surface area (Å²) in [4.78, 5) is 24.6. The number of carboxylic acids is 1. The zero-order valence-corrected chi connectivity index (χ0v) is 11.4. The number of aromatic nitrogens is 1. The lowest BCUT2D eigenvalue weighted by Crippen LogP contribution is -2.44. The second-order valence-electron chi connectivity index (χ2n) is 4.08. The Labute approximate surface area is 113 Å². The standard InChI is InChI=1S/C11H14N2O5S/c1-6-8(11(15)16)10(19-12-6)13(2)9(14)7-5-17-3-4-18-7/h7H,3-5H2,1-2H3,(H,15,16). The minimum absolute atomic E-state index is 0.0533. The zero-order valence-electron chi connectivity index (χ0n) is 10.6. The molecule has 0 radical (unpaired) electrons. The third kappa shape index (κ3) is 2.75. The van der Waals surface area contributed by atoms with Gasteiger partial charge in [0.05, 0.1) is 25.5 Å². The van der Waals surface area contributed by atoms with Crippen molar-refractivity contribution < 1.29 is 24.2 Å². The Morgan fingerprint density at radius 1 is 1.47 bits per heavy atom. The third-order valence-electron chi connectivity index (χ3n) is 2.79. The van der Waals surface area contributed by atoms with Gasteiger partial charge in [-0.05, 0) is 18.5 Å². The predicted molar refractivity (Wildman–Crippen MR) is 67.8 cm³/mol. The molecule has 2 rings (SSSR count). The molecular weight excluding hydrogens is 272 g/mol. The number of rotatable bonds is 3. The van der Waals surface area contributed by atoms with Crippen molar-refractivity contribution in [2.75, 3.05) is 31.8 Å². The van der Waals surface area contributed by atoms with E-state index in [-0.39, 0.29) is 18.1 Å². The maximum Gasteiger partial charge on any atom is 0.340 e. The maximum atomic E-state index is 12.2. The number of hydrogen-bond donors (Lipinski definition) is 1. The summed E-state index contributed by atoms with van der Waals surface area (Å²) in [6.45, 7) is 2.61. The molecule has 1 amide bonds. The van der Waals surface area contributed by atoms with Crippen LogP contribution in [0.15, 0.2) is 0 Å². The molecule has 1 aliphatic heterocycles. The number of ether oxygens (including phenoxy) is 2. The van der Waals surface area contributed by atoms with Gasteiger partial charge in [-0.2, -0.15) is 4.37 Å². The molecule has 1 aromatic heterocycles. The minimum atomic E-state index is -1.10. The highest BCUT2D eigenvalue weighted by atomic mass is 32.1. The molecule has 1 saturated heterocycles. The lowest BCUT2D eigenvalue weighted by molar-refractivity contribution is -0.144.